The van der Waals surface area contributed by atoms with Crippen molar-refractivity contribution in [3.05, 3.63) is 65.5 Å². The maximum absolute atomic E-state index is 12.7. The number of hydrazone groups is 1. The Bertz CT molecular complexity index is 639. The molecule has 2 aromatic rings. The summed E-state index contributed by atoms with van der Waals surface area (Å²) in [5, 5.41) is 3.78. The van der Waals surface area contributed by atoms with E-state index in [-0.39, 0.29) is 18.3 Å². The van der Waals surface area contributed by atoms with Gasteiger partial charge < -0.3 is 4.74 Å². The first kappa shape index (κ1) is 14.7. The van der Waals surface area contributed by atoms with E-state index in [2.05, 4.69) is 10.5 Å². The van der Waals surface area contributed by atoms with Crippen LogP contribution >= 0.6 is 0 Å². The van der Waals surface area contributed by atoms with Crippen LogP contribution in [0.4, 0.5) is 4.39 Å². The zero-order chi connectivity index (χ0) is 15.1. The number of aryl methyl sites for hydroxylation is 1. The van der Waals surface area contributed by atoms with Gasteiger partial charge in [0.25, 0.3) is 5.91 Å². The molecule has 0 aromatic heterocycles. The van der Waals surface area contributed by atoms with Gasteiger partial charge >= 0.3 is 0 Å². The van der Waals surface area contributed by atoms with Gasteiger partial charge in [0.05, 0.1) is 6.21 Å². The average Bonchev–Trinajstić information content (AvgIpc) is 2.48. The van der Waals surface area contributed by atoms with Crippen LogP contribution in [0.5, 0.6) is 5.75 Å². The van der Waals surface area contributed by atoms with Gasteiger partial charge in [-0.2, -0.15) is 5.10 Å². The van der Waals surface area contributed by atoms with Crippen molar-refractivity contribution in [3.8, 4) is 5.75 Å². The van der Waals surface area contributed by atoms with Gasteiger partial charge in [-0.15, -0.1) is 0 Å². The number of para-hydroxylation sites is 1. The molecule has 4 nitrogen and oxygen atoms in total. The molecule has 0 fully saturated rings. The molecule has 0 saturated heterocycles. The Morgan fingerprint density at radius 2 is 1.95 bits per heavy atom. The standard InChI is InChI=1S/C16H15FN2O2/c1-12-4-2-3-5-15(12)21-11-16(20)19-18-10-13-6-8-14(17)9-7-13/h2-10H,11H2,1H3,(H,19,20). The van der Waals surface area contributed by atoms with Crippen molar-refractivity contribution in [1.82, 2.24) is 5.43 Å². The molecule has 0 aliphatic heterocycles. The van der Waals surface area contributed by atoms with Crippen molar-refractivity contribution in [3.63, 3.8) is 0 Å². The molecule has 1 N–H and O–H groups in total. The molecular weight excluding hydrogens is 271 g/mol. The SMILES string of the molecule is Cc1ccccc1OCC(=O)NN=Cc1ccc(F)cc1. The van der Waals surface area contributed by atoms with Crippen molar-refractivity contribution < 1.29 is 13.9 Å². The Hall–Kier alpha value is -2.69. The van der Waals surface area contributed by atoms with E-state index in [1.54, 1.807) is 18.2 Å². The molecule has 0 heterocycles. The number of hydrogen-bond donors (Lipinski definition) is 1. The Morgan fingerprint density at radius 1 is 1.24 bits per heavy atom. The molecule has 1 amide bonds. The summed E-state index contributed by atoms with van der Waals surface area (Å²) in [7, 11) is 0. The van der Waals surface area contributed by atoms with Crippen molar-refractivity contribution in [1.29, 1.82) is 0 Å². The van der Waals surface area contributed by atoms with Crippen LogP contribution in [0, 0.1) is 12.7 Å². The molecule has 0 aliphatic rings. The fourth-order valence-electron chi connectivity index (χ4n) is 1.62. The second kappa shape index (κ2) is 7.19. The summed E-state index contributed by atoms with van der Waals surface area (Å²) < 4.78 is 18.1. The van der Waals surface area contributed by atoms with Crippen LogP contribution in [0.25, 0.3) is 0 Å². The number of amides is 1. The summed E-state index contributed by atoms with van der Waals surface area (Å²) in [6.07, 6.45) is 1.44. The lowest BCUT2D eigenvalue weighted by molar-refractivity contribution is -0.123. The molecule has 2 rings (SSSR count). The number of halogens is 1. The highest BCUT2D eigenvalue weighted by molar-refractivity contribution is 5.82. The molecular formula is C16H15FN2O2. The maximum Gasteiger partial charge on any atom is 0.277 e. The summed E-state index contributed by atoms with van der Waals surface area (Å²) in [5.74, 6) is -0.0189. The molecule has 5 heteroatoms. The first-order valence-electron chi connectivity index (χ1n) is 6.41. The van der Waals surface area contributed by atoms with Crippen LogP contribution in [-0.2, 0) is 4.79 Å². The topological polar surface area (TPSA) is 50.7 Å². The molecule has 0 atom stereocenters. The fraction of sp³-hybridized carbons (Fsp3) is 0.125. The van der Waals surface area contributed by atoms with E-state index in [4.69, 9.17) is 4.74 Å². The lowest BCUT2D eigenvalue weighted by Crippen LogP contribution is -2.24. The van der Waals surface area contributed by atoms with Crippen molar-refractivity contribution in [2.45, 2.75) is 6.92 Å². The molecule has 2 aromatic carbocycles. The third-order valence-corrected chi connectivity index (χ3v) is 2.73. The van der Waals surface area contributed by atoms with Crippen molar-refractivity contribution >= 4 is 12.1 Å². The van der Waals surface area contributed by atoms with E-state index in [0.29, 0.717) is 11.3 Å². The molecule has 21 heavy (non-hydrogen) atoms. The van der Waals surface area contributed by atoms with Gasteiger partial charge in [-0.1, -0.05) is 30.3 Å². The largest absolute Gasteiger partial charge is 0.483 e. The lowest BCUT2D eigenvalue weighted by atomic mass is 10.2. The van der Waals surface area contributed by atoms with Gasteiger partial charge in [0.2, 0.25) is 0 Å². The van der Waals surface area contributed by atoms with Gasteiger partial charge in [-0.05, 0) is 36.2 Å². The average molecular weight is 286 g/mol. The van der Waals surface area contributed by atoms with E-state index in [0.717, 1.165) is 5.56 Å². The maximum atomic E-state index is 12.7. The first-order chi connectivity index (χ1) is 10.1. The number of hydrogen-bond acceptors (Lipinski definition) is 3. The highest BCUT2D eigenvalue weighted by Gasteiger charge is 2.02. The lowest BCUT2D eigenvalue weighted by Gasteiger charge is -2.07. The van der Waals surface area contributed by atoms with E-state index in [1.165, 1.54) is 18.3 Å². The van der Waals surface area contributed by atoms with Crippen LogP contribution in [0.2, 0.25) is 0 Å². The number of rotatable bonds is 5. The molecule has 0 bridgehead atoms. The van der Waals surface area contributed by atoms with Crippen LogP contribution in [-0.4, -0.2) is 18.7 Å². The second-order valence-electron chi connectivity index (χ2n) is 4.40. The predicted molar refractivity (Wildman–Crippen MR) is 78.8 cm³/mol. The summed E-state index contributed by atoms with van der Waals surface area (Å²) >= 11 is 0. The van der Waals surface area contributed by atoms with E-state index in [1.807, 2.05) is 25.1 Å². The van der Waals surface area contributed by atoms with E-state index >= 15 is 0 Å². The molecule has 0 saturated carbocycles. The quantitative estimate of drug-likeness (QED) is 0.678. The number of carbonyl (C=O) groups excluding carboxylic acids is 1. The van der Waals surface area contributed by atoms with Gasteiger partial charge in [0.1, 0.15) is 11.6 Å². The van der Waals surface area contributed by atoms with Gasteiger partial charge in [-0.3, -0.25) is 4.79 Å². The minimum atomic E-state index is -0.364. The minimum Gasteiger partial charge on any atom is -0.483 e. The van der Waals surface area contributed by atoms with E-state index < -0.39 is 0 Å². The highest BCUT2D eigenvalue weighted by Crippen LogP contribution is 2.15. The number of carbonyl (C=O) groups is 1. The van der Waals surface area contributed by atoms with Crippen LogP contribution < -0.4 is 10.2 Å². The third kappa shape index (κ3) is 4.72. The zero-order valence-electron chi connectivity index (χ0n) is 11.5. The number of ether oxygens (including phenoxy) is 1. The second-order valence-corrected chi connectivity index (χ2v) is 4.40. The molecule has 0 radical (unpaired) electrons. The normalized spacial score (nSPS) is 10.6. The Labute approximate surface area is 122 Å². The fourth-order valence-corrected chi connectivity index (χ4v) is 1.62. The van der Waals surface area contributed by atoms with Crippen LogP contribution in [0.1, 0.15) is 11.1 Å². The van der Waals surface area contributed by atoms with E-state index in [9.17, 15) is 9.18 Å². The third-order valence-electron chi connectivity index (χ3n) is 2.73. The number of nitrogens with zero attached hydrogens (tertiary/aromatic N) is 1. The molecule has 108 valence electrons. The van der Waals surface area contributed by atoms with Gasteiger partial charge in [0, 0.05) is 0 Å². The summed E-state index contributed by atoms with van der Waals surface area (Å²) in [4.78, 5) is 11.6. The smallest absolute Gasteiger partial charge is 0.277 e. The Morgan fingerprint density at radius 3 is 2.67 bits per heavy atom. The van der Waals surface area contributed by atoms with Gasteiger partial charge in [0.15, 0.2) is 6.61 Å². The summed E-state index contributed by atoms with van der Waals surface area (Å²) in [5.41, 5.74) is 4.00. The van der Waals surface area contributed by atoms with Crippen molar-refractivity contribution in [2.75, 3.05) is 6.61 Å². The summed E-state index contributed by atoms with van der Waals surface area (Å²) in [6, 6.07) is 13.2. The molecule has 0 aliphatic carbocycles. The summed E-state index contributed by atoms with van der Waals surface area (Å²) in [6.45, 7) is 1.78. The van der Waals surface area contributed by atoms with Crippen LogP contribution in [0.3, 0.4) is 0 Å². The van der Waals surface area contributed by atoms with Crippen LogP contribution in [0.15, 0.2) is 53.6 Å². The van der Waals surface area contributed by atoms with Gasteiger partial charge in [-0.25, -0.2) is 9.82 Å². The number of nitrogens with one attached hydrogen (secondary N) is 1. The van der Waals surface area contributed by atoms with Crippen molar-refractivity contribution in [2.24, 2.45) is 5.10 Å². The highest BCUT2D eigenvalue weighted by atomic mass is 19.1. The monoisotopic (exact) mass is 286 g/mol. The zero-order valence-corrected chi connectivity index (χ0v) is 11.5. The molecule has 0 unspecified atom stereocenters. The number of benzene rings is 2. The Balaban J connectivity index is 1.80. The minimum absolute atomic E-state index is 0.119. The predicted octanol–water partition coefficient (Wildman–Crippen LogP) is 2.66. The Kier molecular flexibility index (Phi) is 5.04. The first-order valence-corrected chi connectivity index (χ1v) is 6.41. The molecule has 0 spiro atoms.